The minimum atomic E-state index is 0.0903. The van der Waals surface area contributed by atoms with Crippen LogP contribution in [0.15, 0.2) is 34.9 Å². The topological polar surface area (TPSA) is 71.5 Å². The number of nitrogens with zero attached hydrogens (tertiary/aromatic N) is 2. The van der Waals surface area contributed by atoms with Gasteiger partial charge in [0.05, 0.1) is 6.61 Å². The molecule has 1 aliphatic heterocycles. The summed E-state index contributed by atoms with van der Waals surface area (Å²) in [6.45, 7) is 3.78. The van der Waals surface area contributed by atoms with Crippen LogP contribution in [0.25, 0.3) is 0 Å². The zero-order chi connectivity index (χ0) is 16.4. The Kier molecular flexibility index (Phi) is 4.89. The molecular weight excluding hydrogens is 473 g/mol. The lowest BCUT2D eigenvalue weighted by Gasteiger charge is -2.27. The highest BCUT2D eigenvalue weighted by molar-refractivity contribution is 14.1. The van der Waals surface area contributed by atoms with Gasteiger partial charge in [-0.1, -0.05) is 0 Å². The number of hydrogen-bond donors (Lipinski definition) is 1. The van der Waals surface area contributed by atoms with E-state index in [-0.39, 0.29) is 11.9 Å². The van der Waals surface area contributed by atoms with Crippen molar-refractivity contribution in [2.45, 2.75) is 12.3 Å². The van der Waals surface area contributed by atoms with Crippen LogP contribution in [-0.2, 0) is 4.74 Å². The fraction of sp³-hybridized carbons (Fsp3) is 0.188. The fourth-order valence-electron chi connectivity index (χ4n) is 2.57. The molecule has 0 fully saturated rings. The van der Waals surface area contributed by atoms with Gasteiger partial charge in [-0.3, -0.25) is 0 Å². The third kappa shape index (κ3) is 3.52. The van der Waals surface area contributed by atoms with Crippen LogP contribution in [0.5, 0.6) is 11.6 Å². The average molecular weight is 487 g/mol. The molecule has 0 saturated heterocycles. The number of pyridine rings is 1. The SMILES string of the molecule is C=[N+]=C(N)OCC[C@@H]1c2cc(I)ccc2Oc2ncc(Br)cc21. The van der Waals surface area contributed by atoms with Crippen molar-refractivity contribution in [3.63, 3.8) is 0 Å². The summed E-state index contributed by atoms with van der Waals surface area (Å²) < 4.78 is 16.9. The van der Waals surface area contributed by atoms with Gasteiger partial charge in [0.1, 0.15) is 5.75 Å². The zero-order valence-electron chi connectivity index (χ0n) is 12.1. The van der Waals surface area contributed by atoms with Crippen LogP contribution in [-0.4, -0.2) is 24.3 Å². The first-order chi connectivity index (χ1) is 11.1. The van der Waals surface area contributed by atoms with Crippen LogP contribution in [0.1, 0.15) is 23.5 Å². The van der Waals surface area contributed by atoms with Gasteiger partial charge in [-0.15, -0.1) is 0 Å². The Morgan fingerprint density at radius 1 is 1.43 bits per heavy atom. The fourth-order valence-corrected chi connectivity index (χ4v) is 3.44. The van der Waals surface area contributed by atoms with Crippen LogP contribution >= 0.6 is 38.5 Å². The Balaban J connectivity index is 1.97. The lowest BCUT2D eigenvalue weighted by Crippen LogP contribution is -2.21. The lowest BCUT2D eigenvalue weighted by atomic mass is 9.87. The van der Waals surface area contributed by atoms with Crippen LogP contribution in [0, 0.1) is 3.57 Å². The van der Waals surface area contributed by atoms with Crippen molar-refractivity contribution in [2.24, 2.45) is 5.73 Å². The molecule has 1 aromatic carbocycles. The summed E-state index contributed by atoms with van der Waals surface area (Å²) in [5.41, 5.74) is 7.70. The van der Waals surface area contributed by atoms with E-state index in [0.717, 1.165) is 31.3 Å². The number of nitrogens with two attached hydrogens (primary N) is 1. The second-order valence-electron chi connectivity index (χ2n) is 5.02. The molecule has 2 aromatic rings. The van der Waals surface area contributed by atoms with Gasteiger partial charge >= 0.3 is 6.02 Å². The minimum Gasteiger partial charge on any atom is -0.438 e. The summed E-state index contributed by atoms with van der Waals surface area (Å²) in [7, 11) is 0. The first-order valence-electron chi connectivity index (χ1n) is 6.93. The van der Waals surface area contributed by atoms with Gasteiger partial charge in [0, 0.05) is 31.3 Å². The van der Waals surface area contributed by atoms with E-state index in [4.69, 9.17) is 15.2 Å². The third-order valence-electron chi connectivity index (χ3n) is 3.59. The van der Waals surface area contributed by atoms with E-state index in [1.165, 1.54) is 0 Å². The van der Waals surface area contributed by atoms with Crippen molar-refractivity contribution in [1.82, 2.24) is 9.65 Å². The molecule has 23 heavy (non-hydrogen) atoms. The molecule has 0 unspecified atom stereocenters. The summed E-state index contributed by atoms with van der Waals surface area (Å²) in [5.74, 6) is 1.58. The van der Waals surface area contributed by atoms with Crippen LogP contribution in [0.2, 0.25) is 0 Å². The molecule has 0 saturated carbocycles. The van der Waals surface area contributed by atoms with Gasteiger partial charge in [-0.2, -0.15) is 4.67 Å². The summed E-state index contributed by atoms with van der Waals surface area (Å²) in [6.07, 6.45) is 2.47. The number of aromatic nitrogens is 1. The average Bonchev–Trinajstić information content (AvgIpc) is 2.54. The predicted molar refractivity (Wildman–Crippen MR) is 102 cm³/mol. The molecule has 5 nitrogen and oxygen atoms in total. The molecule has 0 bridgehead atoms. The summed E-state index contributed by atoms with van der Waals surface area (Å²) in [4.78, 5) is 4.38. The highest BCUT2D eigenvalue weighted by atomic mass is 127. The summed E-state index contributed by atoms with van der Waals surface area (Å²) >= 11 is 5.77. The molecule has 1 atom stereocenters. The normalized spacial score (nSPS) is 15.0. The molecule has 0 radical (unpaired) electrons. The Morgan fingerprint density at radius 3 is 3.04 bits per heavy atom. The minimum absolute atomic E-state index is 0.0903. The third-order valence-corrected chi connectivity index (χ3v) is 4.69. The first-order valence-corrected chi connectivity index (χ1v) is 8.80. The number of ether oxygens (including phenoxy) is 2. The van der Waals surface area contributed by atoms with Gasteiger partial charge in [-0.05, 0) is 69.2 Å². The van der Waals surface area contributed by atoms with Crippen LogP contribution in [0.3, 0.4) is 0 Å². The van der Waals surface area contributed by atoms with E-state index in [0.29, 0.717) is 12.5 Å². The number of hydrogen-bond acceptors (Lipinski definition) is 3. The van der Waals surface area contributed by atoms with Gasteiger partial charge in [0.25, 0.3) is 0 Å². The Labute approximate surface area is 155 Å². The molecule has 0 amide bonds. The zero-order valence-corrected chi connectivity index (χ0v) is 15.9. The maximum Gasteiger partial charge on any atom is 0.544 e. The molecule has 2 heterocycles. The van der Waals surface area contributed by atoms with Crippen molar-refractivity contribution in [2.75, 3.05) is 6.61 Å². The Morgan fingerprint density at radius 2 is 2.26 bits per heavy atom. The first kappa shape index (κ1) is 16.3. The van der Waals surface area contributed by atoms with Gasteiger partial charge < -0.3 is 9.47 Å². The molecule has 7 heteroatoms. The molecule has 1 aliphatic rings. The Bertz CT molecular complexity index is 754. The van der Waals surface area contributed by atoms with Gasteiger partial charge in [0.15, 0.2) is 6.72 Å². The van der Waals surface area contributed by atoms with E-state index in [1.807, 2.05) is 18.2 Å². The van der Waals surface area contributed by atoms with E-state index in [1.54, 1.807) is 6.20 Å². The van der Waals surface area contributed by atoms with Crippen molar-refractivity contribution >= 4 is 51.3 Å². The van der Waals surface area contributed by atoms with Crippen LogP contribution in [0.4, 0.5) is 0 Å². The monoisotopic (exact) mass is 486 g/mol. The van der Waals surface area contributed by atoms with Gasteiger partial charge in [-0.25, -0.2) is 10.7 Å². The number of fused-ring (bicyclic) bond motifs is 2. The van der Waals surface area contributed by atoms with E-state index in [9.17, 15) is 0 Å². The maximum absolute atomic E-state index is 5.93. The predicted octanol–water partition coefficient (Wildman–Crippen LogP) is 3.18. The Hall–Kier alpha value is -1.57. The number of rotatable bonds is 3. The van der Waals surface area contributed by atoms with E-state index in [2.05, 4.69) is 61.0 Å². The van der Waals surface area contributed by atoms with Crippen molar-refractivity contribution in [3.05, 3.63) is 49.6 Å². The van der Waals surface area contributed by atoms with E-state index >= 15 is 0 Å². The quantitative estimate of drug-likeness (QED) is 0.313. The lowest BCUT2D eigenvalue weighted by molar-refractivity contribution is 0.282. The molecule has 2 N–H and O–H groups in total. The molecule has 3 rings (SSSR count). The number of halogens is 2. The number of amidine groups is 1. The maximum atomic E-state index is 5.93. The van der Waals surface area contributed by atoms with Crippen molar-refractivity contribution < 1.29 is 9.47 Å². The highest BCUT2D eigenvalue weighted by Gasteiger charge is 2.29. The van der Waals surface area contributed by atoms with Gasteiger partial charge in [0.2, 0.25) is 5.88 Å². The molecule has 1 aromatic heterocycles. The number of benzene rings is 1. The van der Waals surface area contributed by atoms with Crippen molar-refractivity contribution in [3.8, 4) is 11.6 Å². The molecule has 0 spiro atoms. The summed E-state index contributed by atoms with van der Waals surface area (Å²) in [6, 6.07) is 8.25. The van der Waals surface area contributed by atoms with Crippen LogP contribution < -0.4 is 15.1 Å². The van der Waals surface area contributed by atoms with Crippen molar-refractivity contribution in [1.29, 1.82) is 0 Å². The molecule has 0 aliphatic carbocycles. The summed E-state index contributed by atoms with van der Waals surface area (Å²) in [5, 5.41) is 0. The second kappa shape index (κ2) is 6.90. The molecular formula is C16H14BrIN3O2+. The highest BCUT2D eigenvalue weighted by Crippen LogP contribution is 2.45. The largest absolute Gasteiger partial charge is 0.544 e. The van der Waals surface area contributed by atoms with E-state index < -0.39 is 0 Å². The second-order valence-corrected chi connectivity index (χ2v) is 7.18. The molecule has 118 valence electrons. The standard InChI is InChI=1S/C16H13BrIN3O2/c1-20-16(19)22-5-4-11-12-7-10(18)2-3-14(12)23-15-13(11)6-9(17)8-21-15/h2-3,6-8,11,19H,1,4-5H2/p+1/t11-/m1/s1. The smallest absolute Gasteiger partial charge is 0.438 e.